The van der Waals surface area contributed by atoms with Gasteiger partial charge in [0, 0.05) is 45.6 Å². The van der Waals surface area contributed by atoms with Crippen molar-refractivity contribution in [1.29, 1.82) is 0 Å². The quantitative estimate of drug-likeness (QED) is 0.536. The van der Waals surface area contributed by atoms with Gasteiger partial charge in [-0.15, -0.1) is 0 Å². The molecule has 0 radical (unpaired) electrons. The van der Waals surface area contributed by atoms with E-state index >= 15 is 0 Å². The molecule has 0 aliphatic carbocycles. The van der Waals surface area contributed by atoms with Gasteiger partial charge in [0.2, 0.25) is 0 Å². The van der Waals surface area contributed by atoms with Crippen LogP contribution in [0.1, 0.15) is 46.5 Å². The minimum absolute atomic E-state index is 0.162. The molecule has 0 spiro atoms. The third kappa shape index (κ3) is 5.49. The first-order chi connectivity index (χ1) is 11.2. The van der Waals surface area contributed by atoms with Crippen molar-refractivity contribution in [2.24, 2.45) is 0 Å². The van der Waals surface area contributed by atoms with Crippen LogP contribution in [-0.2, 0) is 22.8 Å². The predicted octanol–water partition coefficient (Wildman–Crippen LogP) is 2.61. The van der Waals surface area contributed by atoms with E-state index in [4.69, 9.17) is 22.8 Å². The molecule has 2 unspecified atom stereocenters. The highest BCUT2D eigenvalue weighted by Gasteiger charge is 2.42. The van der Waals surface area contributed by atoms with E-state index in [9.17, 15) is 0 Å². The fraction of sp³-hybridized carbons (Fsp3) is 1.00. The summed E-state index contributed by atoms with van der Waals surface area (Å²) in [7, 11) is -2.61. The van der Waals surface area contributed by atoms with E-state index in [1.165, 1.54) is 0 Å². The van der Waals surface area contributed by atoms with Crippen LogP contribution in [0.2, 0.25) is 6.04 Å². The number of nitrogens with zero attached hydrogens (tertiary/aromatic N) is 1. The Morgan fingerprint density at radius 2 is 1.35 bits per heavy atom. The van der Waals surface area contributed by atoms with E-state index in [1.54, 1.807) is 0 Å². The van der Waals surface area contributed by atoms with Gasteiger partial charge in [0.05, 0.1) is 0 Å². The standard InChI is InChI=1S/C16H33NO5Si/c1-4-20-23(21-5-2,22-6-3)14-11-17(15-9-7-12-18-15)16-10-8-13-19-16/h15-16H,4-14H2,1-3H3. The van der Waals surface area contributed by atoms with Crippen molar-refractivity contribution in [2.75, 3.05) is 39.6 Å². The van der Waals surface area contributed by atoms with E-state index in [0.29, 0.717) is 19.8 Å². The lowest BCUT2D eigenvalue weighted by atomic mass is 10.2. The zero-order valence-electron chi connectivity index (χ0n) is 14.9. The van der Waals surface area contributed by atoms with Gasteiger partial charge in [0.15, 0.2) is 0 Å². The Hall–Kier alpha value is -0.0231. The second-order valence-electron chi connectivity index (χ2n) is 5.91. The third-order valence-corrected chi connectivity index (χ3v) is 7.34. The average Bonchev–Trinajstić information content (AvgIpc) is 3.22. The Bertz CT molecular complexity index is 289. The van der Waals surface area contributed by atoms with Gasteiger partial charge in [-0.05, 0) is 46.5 Å². The van der Waals surface area contributed by atoms with Crippen LogP contribution < -0.4 is 0 Å². The van der Waals surface area contributed by atoms with E-state index in [0.717, 1.165) is 51.5 Å². The van der Waals surface area contributed by atoms with E-state index in [-0.39, 0.29) is 12.5 Å². The average molecular weight is 348 g/mol. The molecule has 0 N–H and O–H groups in total. The molecule has 2 saturated heterocycles. The molecule has 2 aliphatic heterocycles. The molecule has 2 atom stereocenters. The lowest BCUT2D eigenvalue weighted by molar-refractivity contribution is -0.115. The minimum Gasteiger partial charge on any atom is -0.374 e. The van der Waals surface area contributed by atoms with Crippen LogP contribution in [0.3, 0.4) is 0 Å². The lowest BCUT2D eigenvalue weighted by Crippen LogP contribution is -2.51. The summed E-state index contributed by atoms with van der Waals surface area (Å²) in [6.45, 7) is 10.4. The van der Waals surface area contributed by atoms with Crippen LogP contribution in [-0.4, -0.2) is 65.7 Å². The highest BCUT2D eigenvalue weighted by atomic mass is 28.4. The molecule has 2 fully saturated rings. The SMILES string of the molecule is CCO[Si](CCN(C1CCCO1)C1CCCO1)(OCC)OCC. The number of rotatable bonds is 11. The van der Waals surface area contributed by atoms with Crippen molar-refractivity contribution < 1.29 is 22.8 Å². The highest BCUT2D eigenvalue weighted by molar-refractivity contribution is 6.60. The van der Waals surface area contributed by atoms with Gasteiger partial charge in [-0.3, -0.25) is 4.90 Å². The van der Waals surface area contributed by atoms with Gasteiger partial charge in [0.25, 0.3) is 0 Å². The van der Waals surface area contributed by atoms with Gasteiger partial charge < -0.3 is 22.8 Å². The maximum atomic E-state index is 5.97. The largest absolute Gasteiger partial charge is 0.502 e. The van der Waals surface area contributed by atoms with Crippen LogP contribution in [0.15, 0.2) is 0 Å². The van der Waals surface area contributed by atoms with Crippen LogP contribution in [0.5, 0.6) is 0 Å². The number of hydrogen-bond donors (Lipinski definition) is 0. The summed E-state index contributed by atoms with van der Waals surface area (Å²) in [6, 6.07) is 0.780. The zero-order chi connectivity index (χ0) is 16.5. The second-order valence-corrected chi connectivity index (χ2v) is 8.64. The van der Waals surface area contributed by atoms with E-state index in [1.807, 2.05) is 20.8 Å². The maximum absolute atomic E-state index is 5.97. The van der Waals surface area contributed by atoms with Gasteiger partial charge in [0.1, 0.15) is 12.5 Å². The van der Waals surface area contributed by atoms with Crippen LogP contribution in [0.4, 0.5) is 0 Å². The number of hydrogen-bond acceptors (Lipinski definition) is 6. The Labute approximate surface area is 141 Å². The van der Waals surface area contributed by atoms with Crippen LogP contribution >= 0.6 is 0 Å². The summed E-state index contributed by atoms with van der Waals surface area (Å²) in [5, 5.41) is 0. The normalized spacial score (nSPS) is 25.6. The molecular formula is C16H33NO5Si. The first-order valence-electron chi connectivity index (χ1n) is 9.15. The minimum atomic E-state index is -2.61. The first-order valence-corrected chi connectivity index (χ1v) is 11.1. The summed E-state index contributed by atoms with van der Waals surface area (Å²) in [4.78, 5) is 2.36. The van der Waals surface area contributed by atoms with Crippen molar-refractivity contribution in [2.45, 2.75) is 65.0 Å². The monoisotopic (exact) mass is 347 g/mol. The maximum Gasteiger partial charge on any atom is 0.502 e. The molecular weight excluding hydrogens is 314 g/mol. The van der Waals surface area contributed by atoms with Crippen LogP contribution in [0.25, 0.3) is 0 Å². The fourth-order valence-electron chi connectivity index (χ4n) is 3.39. The summed E-state index contributed by atoms with van der Waals surface area (Å²) in [5.41, 5.74) is 0. The zero-order valence-corrected chi connectivity index (χ0v) is 15.9. The smallest absolute Gasteiger partial charge is 0.374 e. The first kappa shape index (κ1) is 19.3. The van der Waals surface area contributed by atoms with E-state index in [2.05, 4.69) is 4.90 Å². The Balaban J connectivity index is 2.00. The predicted molar refractivity (Wildman–Crippen MR) is 90.1 cm³/mol. The summed E-state index contributed by atoms with van der Waals surface area (Å²) < 4.78 is 29.7. The molecule has 2 aliphatic rings. The Kier molecular flexibility index (Phi) is 8.46. The van der Waals surface area contributed by atoms with Gasteiger partial charge in [-0.2, -0.15) is 0 Å². The van der Waals surface area contributed by atoms with Crippen molar-refractivity contribution in [3.05, 3.63) is 0 Å². The van der Waals surface area contributed by atoms with Gasteiger partial charge >= 0.3 is 8.80 Å². The lowest BCUT2D eigenvalue weighted by Gasteiger charge is -2.35. The molecule has 0 saturated carbocycles. The molecule has 23 heavy (non-hydrogen) atoms. The molecule has 136 valence electrons. The molecule has 0 aromatic rings. The Morgan fingerprint density at radius 1 is 0.870 bits per heavy atom. The molecule has 2 heterocycles. The summed E-state index contributed by atoms with van der Waals surface area (Å²) >= 11 is 0. The third-order valence-electron chi connectivity index (χ3n) is 4.32. The molecule has 6 nitrogen and oxygen atoms in total. The number of ether oxygens (including phenoxy) is 2. The fourth-order valence-corrected chi connectivity index (χ4v) is 5.92. The van der Waals surface area contributed by atoms with Crippen molar-refractivity contribution in [3.8, 4) is 0 Å². The summed E-state index contributed by atoms with van der Waals surface area (Å²) in [6.07, 6.45) is 4.72. The van der Waals surface area contributed by atoms with Crippen molar-refractivity contribution in [1.82, 2.24) is 4.90 Å². The van der Waals surface area contributed by atoms with Gasteiger partial charge in [-0.1, -0.05) is 0 Å². The van der Waals surface area contributed by atoms with Crippen molar-refractivity contribution in [3.63, 3.8) is 0 Å². The molecule has 0 bridgehead atoms. The second kappa shape index (κ2) is 10.1. The molecule has 0 amide bonds. The Morgan fingerprint density at radius 3 is 1.70 bits per heavy atom. The molecule has 2 rings (SSSR count). The topological polar surface area (TPSA) is 49.4 Å². The molecule has 7 heteroatoms. The van der Waals surface area contributed by atoms with Gasteiger partial charge in [-0.25, -0.2) is 0 Å². The van der Waals surface area contributed by atoms with E-state index < -0.39 is 8.80 Å². The highest BCUT2D eigenvalue weighted by Crippen LogP contribution is 2.27. The summed E-state index contributed by atoms with van der Waals surface area (Å²) in [5.74, 6) is 0. The van der Waals surface area contributed by atoms with Crippen LogP contribution in [0, 0.1) is 0 Å². The molecule has 0 aromatic carbocycles. The molecule has 0 aromatic heterocycles. The van der Waals surface area contributed by atoms with Crippen molar-refractivity contribution >= 4 is 8.80 Å².